The summed E-state index contributed by atoms with van der Waals surface area (Å²) >= 11 is 0. The zero-order chi connectivity index (χ0) is 14.2. The van der Waals surface area contributed by atoms with Crippen LogP contribution in [0.4, 0.5) is 8.78 Å². The van der Waals surface area contributed by atoms with Crippen LogP contribution >= 0.6 is 0 Å². The van der Waals surface area contributed by atoms with Crippen molar-refractivity contribution in [1.29, 1.82) is 0 Å². The van der Waals surface area contributed by atoms with Crippen molar-refractivity contribution in [1.82, 2.24) is 15.1 Å². The van der Waals surface area contributed by atoms with Gasteiger partial charge in [-0.15, -0.1) is 0 Å². The van der Waals surface area contributed by atoms with Crippen LogP contribution in [0, 0.1) is 0 Å². The third-order valence-electron chi connectivity index (χ3n) is 4.45. The van der Waals surface area contributed by atoms with Crippen LogP contribution in [0.1, 0.15) is 12.8 Å². The molecule has 3 fully saturated rings. The third-order valence-corrected chi connectivity index (χ3v) is 4.45. The van der Waals surface area contributed by atoms with Gasteiger partial charge in [0.1, 0.15) is 0 Å². The molecule has 0 radical (unpaired) electrons. The van der Waals surface area contributed by atoms with E-state index in [4.69, 9.17) is 4.74 Å². The Morgan fingerprint density at radius 2 is 2.00 bits per heavy atom. The van der Waals surface area contributed by atoms with Crippen molar-refractivity contribution >= 4 is 5.91 Å². The number of carbonyl (C=O) groups is 1. The smallest absolute Gasteiger partial charge is 0.262 e. The highest BCUT2D eigenvalue weighted by molar-refractivity contribution is 5.82. The lowest BCUT2D eigenvalue weighted by atomic mass is 10.1. The molecule has 3 heterocycles. The molecule has 0 aromatic rings. The molecule has 3 saturated heterocycles. The van der Waals surface area contributed by atoms with Gasteiger partial charge in [0.25, 0.3) is 5.92 Å². The fourth-order valence-electron chi connectivity index (χ4n) is 3.29. The van der Waals surface area contributed by atoms with Crippen molar-refractivity contribution in [3.8, 4) is 0 Å². The van der Waals surface area contributed by atoms with Crippen LogP contribution in [-0.2, 0) is 9.53 Å². The normalized spacial score (nSPS) is 34.6. The van der Waals surface area contributed by atoms with Gasteiger partial charge in [0.05, 0.1) is 25.8 Å². The molecule has 2 unspecified atom stereocenters. The van der Waals surface area contributed by atoms with E-state index in [-0.39, 0.29) is 18.9 Å². The van der Waals surface area contributed by atoms with Crippen molar-refractivity contribution < 1.29 is 18.3 Å². The zero-order valence-electron chi connectivity index (χ0n) is 11.5. The Labute approximate surface area is 117 Å². The molecule has 1 amide bonds. The maximum atomic E-state index is 13.2. The van der Waals surface area contributed by atoms with E-state index in [1.807, 2.05) is 0 Å². The van der Waals surface area contributed by atoms with E-state index in [9.17, 15) is 13.6 Å². The largest absolute Gasteiger partial charge is 0.379 e. The molecule has 0 aromatic heterocycles. The van der Waals surface area contributed by atoms with Gasteiger partial charge < -0.3 is 9.64 Å². The summed E-state index contributed by atoms with van der Waals surface area (Å²) < 4.78 is 31.6. The fourth-order valence-corrected chi connectivity index (χ4v) is 3.29. The average molecular weight is 289 g/mol. The maximum Gasteiger partial charge on any atom is 0.262 e. The molecule has 3 aliphatic rings. The third kappa shape index (κ3) is 2.94. The van der Waals surface area contributed by atoms with Crippen LogP contribution in [0.3, 0.4) is 0 Å². The summed E-state index contributed by atoms with van der Waals surface area (Å²) in [5, 5.41) is 2.64. The van der Waals surface area contributed by atoms with Crippen molar-refractivity contribution in [2.75, 3.05) is 45.9 Å². The number of alkyl halides is 2. The van der Waals surface area contributed by atoms with Gasteiger partial charge >= 0.3 is 0 Å². The number of halogens is 2. The van der Waals surface area contributed by atoms with Gasteiger partial charge in [0.2, 0.25) is 5.91 Å². The second-order valence-electron chi connectivity index (χ2n) is 5.87. The molecule has 7 heteroatoms. The number of ether oxygens (including phenoxy) is 1. The molecule has 3 rings (SSSR count). The van der Waals surface area contributed by atoms with E-state index in [1.54, 1.807) is 4.90 Å². The average Bonchev–Trinajstić information content (AvgIpc) is 3.05. The van der Waals surface area contributed by atoms with Gasteiger partial charge in [-0.3, -0.25) is 15.0 Å². The molecule has 5 nitrogen and oxygen atoms in total. The van der Waals surface area contributed by atoms with E-state index in [2.05, 4.69) is 10.2 Å². The lowest BCUT2D eigenvalue weighted by Crippen LogP contribution is -2.47. The molecular weight excluding hydrogens is 268 g/mol. The van der Waals surface area contributed by atoms with Crippen LogP contribution in [-0.4, -0.2) is 79.7 Å². The molecule has 1 N–H and O–H groups in total. The van der Waals surface area contributed by atoms with Crippen LogP contribution in [0.15, 0.2) is 0 Å². The summed E-state index contributed by atoms with van der Waals surface area (Å²) in [6, 6.07) is -0.363. The summed E-state index contributed by atoms with van der Waals surface area (Å²) in [6.45, 7) is 4.21. The molecule has 0 bridgehead atoms. The first-order valence-electron chi connectivity index (χ1n) is 7.27. The Hall–Kier alpha value is -0.790. The topological polar surface area (TPSA) is 44.8 Å². The molecular formula is C13H21F2N3O2. The van der Waals surface area contributed by atoms with Crippen molar-refractivity contribution in [3.63, 3.8) is 0 Å². The molecule has 0 aromatic carbocycles. The van der Waals surface area contributed by atoms with E-state index in [0.29, 0.717) is 19.1 Å². The van der Waals surface area contributed by atoms with Crippen LogP contribution in [0.5, 0.6) is 0 Å². The number of hydrogen-bond donors (Lipinski definition) is 1. The van der Waals surface area contributed by atoms with Gasteiger partial charge in [-0.05, 0) is 6.42 Å². The molecule has 2 atom stereocenters. The number of amides is 1. The van der Waals surface area contributed by atoms with Crippen LogP contribution < -0.4 is 5.32 Å². The number of rotatable bonds is 2. The van der Waals surface area contributed by atoms with E-state index in [1.165, 1.54) is 0 Å². The van der Waals surface area contributed by atoms with Crippen LogP contribution in [0.25, 0.3) is 0 Å². The summed E-state index contributed by atoms with van der Waals surface area (Å²) in [7, 11) is 0. The fraction of sp³-hybridized carbons (Fsp3) is 0.923. The summed E-state index contributed by atoms with van der Waals surface area (Å²) in [5.74, 6) is -2.91. The number of carbonyl (C=O) groups excluding carboxylic acids is 1. The zero-order valence-corrected chi connectivity index (χ0v) is 11.5. The maximum absolute atomic E-state index is 13.2. The lowest BCUT2D eigenvalue weighted by molar-refractivity contribution is -0.132. The highest BCUT2D eigenvalue weighted by Crippen LogP contribution is 2.27. The number of hydrogen-bond acceptors (Lipinski definition) is 4. The minimum atomic E-state index is -2.75. The summed E-state index contributed by atoms with van der Waals surface area (Å²) in [5.41, 5.74) is 0. The molecule has 3 aliphatic heterocycles. The summed E-state index contributed by atoms with van der Waals surface area (Å²) in [6.07, 6.45) is 0.555. The number of likely N-dealkylation sites (tertiary alicyclic amines) is 1. The quantitative estimate of drug-likeness (QED) is 0.772. The Kier molecular flexibility index (Phi) is 3.92. The Balaban J connectivity index is 1.53. The predicted octanol–water partition coefficient (Wildman–Crippen LogP) is -0.0833. The highest BCUT2D eigenvalue weighted by atomic mass is 19.3. The van der Waals surface area contributed by atoms with Gasteiger partial charge in [0.15, 0.2) is 0 Å². The first-order chi connectivity index (χ1) is 9.55. The number of morpholine rings is 1. The number of nitrogens with one attached hydrogen (secondary N) is 1. The van der Waals surface area contributed by atoms with Crippen molar-refractivity contribution in [2.45, 2.75) is 30.8 Å². The minimum Gasteiger partial charge on any atom is -0.379 e. The van der Waals surface area contributed by atoms with Gasteiger partial charge in [-0.1, -0.05) is 0 Å². The molecule has 20 heavy (non-hydrogen) atoms. The van der Waals surface area contributed by atoms with Gasteiger partial charge in [0, 0.05) is 38.6 Å². The van der Waals surface area contributed by atoms with E-state index < -0.39 is 12.0 Å². The molecule has 0 spiro atoms. The monoisotopic (exact) mass is 289 g/mol. The first-order valence-corrected chi connectivity index (χ1v) is 7.27. The molecule has 114 valence electrons. The Bertz CT molecular complexity index is 375. The highest BCUT2D eigenvalue weighted by Gasteiger charge is 2.44. The Morgan fingerprint density at radius 3 is 2.65 bits per heavy atom. The van der Waals surface area contributed by atoms with Gasteiger partial charge in [-0.25, -0.2) is 8.78 Å². The molecule has 0 aliphatic carbocycles. The standard InChI is InChI=1S/C13H21F2N3O2/c14-13(15)7-11(16-9-13)12(19)18-2-1-10(8-18)17-3-5-20-6-4-17/h10-11,16H,1-9H2. The summed E-state index contributed by atoms with van der Waals surface area (Å²) in [4.78, 5) is 16.3. The van der Waals surface area contributed by atoms with Gasteiger partial charge in [-0.2, -0.15) is 0 Å². The lowest BCUT2D eigenvalue weighted by Gasteiger charge is -2.32. The minimum absolute atomic E-state index is 0.169. The second kappa shape index (κ2) is 5.54. The second-order valence-corrected chi connectivity index (χ2v) is 5.87. The predicted molar refractivity (Wildman–Crippen MR) is 68.7 cm³/mol. The first kappa shape index (κ1) is 14.2. The Morgan fingerprint density at radius 1 is 1.25 bits per heavy atom. The number of nitrogens with zero attached hydrogens (tertiary/aromatic N) is 2. The van der Waals surface area contributed by atoms with Crippen molar-refractivity contribution in [2.24, 2.45) is 0 Å². The SMILES string of the molecule is O=C(C1CC(F)(F)CN1)N1CCC(N2CCOCC2)C1. The van der Waals surface area contributed by atoms with Crippen LogP contribution in [0.2, 0.25) is 0 Å². The van der Waals surface area contributed by atoms with E-state index >= 15 is 0 Å². The van der Waals surface area contributed by atoms with Crippen molar-refractivity contribution in [3.05, 3.63) is 0 Å². The molecule has 0 saturated carbocycles. The van der Waals surface area contributed by atoms with E-state index in [0.717, 1.165) is 32.7 Å².